The lowest BCUT2D eigenvalue weighted by molar-refractivity contribution is -0.139. The molecule has 112 valence electrons. The monoisotopic (exact) mass is 292 g/mol. The smallest absolute Gasteiger partial charge is 0.317 e. The van der Waals surface area contributed by atoms with Crippen LogP contribution >= 0.6 is 0 Å². The van der Waals surface area contributed by atoms with Crippen LogP contribution in [-0.2, 0) is 16.2 Å². The molecule has 0 aliphatic rings. The zero-order valence-corrected chi connectivity index (χ0v) is 11.6. The van der Waals surface area contributed by atoms with Crippen LogP contribution in [0.3, 0.4) is 0 Å². The Kier molecular flexibility index (Phi) is 4.96. The molecular formula is C13H16N4O4. The van der Waals surface area contributed by atoms with E-state index in [2.05, 4.69) is 10.3 Å². The van der Waals surface area contributed by atoms with Gasteiger partial charge < -0.3 is 9.84 Å². The number of fused-ring (bicyclic) bond motifs is 1. The Labute approximate surface area is 120 Å². The molecule has 0 radical (unpaired) electrons. The predicted molar refractivity (Wildman–Crippen MR) is 74.9 cm³/mol. The Morgan fingerprint density at radius 3 is 2.90 bits per heavy atom. The predicted octanol–water partition coefficient (Wildman–Crippen LogP) is -0.218. The zero-order valence-electron chi connectivity index (χ0n) is 11.6. The normalized spacial score (nSPS) is 11.1. The fraction of sp³-hybridized carbons (Fsp3) is 0.385. The van der Waals surface area contributed by atoms with Gasteiger partial charge in [0.2, 0.25) is 0 Å². The quantitative estimate of drug-likeness (QED) is 0.753. The summed E-state index contributed by atoms with van der Waals surface area (Å²) in [6.07, 6.45) is 0. The molecule has 0 aliphatic heterocycles. The lowest BCUT2D eigenvalue weighted by Crippen LogP contribution is -2.39. The average Bonchev–Trinajstić information content (AvgIpc) is 2.47. The highest BCUT2D eigenvalue weighted by atomic mass is 16.5. The van der Waals surface area contributed by atoms with Gasteiger partial charge in [-0.3, -0.25) is 14.5 Å². The van der Waals surface area contributed by atoms with E-state index in [1.54, 1.807) is 29.2 Å². The van der Waals surface area contributed by atoms with E-state index in [1.807, 2.05) is 0 Å². The maximum absolute atomic E-state index is 12.3. The maximum Gasteiger partial charge on any atom is 0.317 e. The molecular weight excluding hydrogens is 276 g/mol. The van der Waals surface area contributed by atoms with Crippen LogP contribution in [-0.4, -0.2) is 57.8 Å². The Morgan fingerprint density at radius 2 is 2.19 bits per heavy atom. The fourth-order valence-corrected chi connectivity index (χ4v) is 1.92. The summed E-state index contributed by atoms with van der Waals surface area (Å²) in [4.78, 5) is 24.7. The van der Waals surface area contributed by atoms with E-state index < -0.39 is 5.97 Å². The van der Waals surface area contributed by atoms with Gasteiger partial charge in [-0.15, -0.1) is 5.10 Å². The van der Waals surface area contributed by atoms with Crippen molar-refractivity contribution in [1.29, 1.82) is 0 Å². The van der Waals surface area contributed by atoms with E-state index in [4.69, 9.17) is 9.84 Å². The lowest BCUT2D eigenvalue weighted by Gasteiger charge is -2.19. The molecule has 0 saturated carbocycles. The number of carbonyl (C=O) groups is 1. The minimum absolute atomic E-state index is 0.0479. The Bertz CT molecular complexity index is 685. The van der Waals surface area contributed by atoms with Crippen molar-refractivity contribution in [1.82, 2.24) is 19.9 Å². The molecule has 21 heavy (non-hydrogen) atoms. The molecule has 0 fully saturated rings. The van der Waals surface area contributed by atoms with Crippen molar-refractivity contribution >= 4 is 16.9 Å². The van der Waals surface area contributed by atoms with Crippen LogP contribution in [0.25, 0.3) is 10.9 Å². The lowest BCUT2D eigenvalue weighted by atomic mass is 10.2. The summed E-state index contributed by atoms with van der Waals surface area (Å²) in [6.45, 7) is 0.587. The number of benzene rings is 1. The van der Waals surface area contributed by atoms with Crippen LogP contribution in [0.4, 0.5) is 0 Å². The van der Waals surface area contributed by atoms with E-state index in [0.717, 1.165) is 4.68 Å². The van der Waals surface area contributed by atoms with Crippen molar-refractivity contribution in [3.8, 4) is 0 Å². The summed E-state index contributed by atoms with van der Waals surface area (Å²) in [6, 6.07) is 6.89. The number of aliphatic carboxylic acids is 1. The minimum atomic E-state index is -0.979. The van der Waals surface area contributed by atoms with Crippen molar-refractivity contribution in [3.05, 3.63) is 34.6 Å². The van der Waals surface area contributed by atoms with Gasteiger partial charge in [0.1, 0.15) is 5.52 Å². The van der Waals surface area contributed by atoms with E-state index in [9.17, 15) is 9.59 Å². The number of carboxylic acid groups (broad SMARTS) is 1. The molecule has 0 atom stereocenters. The summed E-state index contributed by atoms with van der Waals surface area (Å²) < 4.78 is 6.09. The number of ether oxygens (including phenoxy) is 1. The first kappa shape index (κ1) is 15.1. The number of hydrogen-bond donors (Lipinski definition) is 1. The highest BCUT2D eigenvalue weighted by molar-refractivity contribution is 5.76. The van der Waals surface area contributed by atoms with E-state index >= 15 is 0 Å². The summed E-state index contributed by atoms with van der Waals surface area (Å²) in [5, 5.41) is 17.2. The van der Waals surface area contributed by atoms with Gasteiger partial charge in [-0.25, -0.2) is 0 Å². The molecule has 2 rings (SSSR count). The number of methoxy groups -OCH3 is 1. The molecule has 8 heteroatoms. The van der Waals surface area contributed by atoms with E-state index in [0.29, 0.717) is 24.1 Å². The first-order chi connectivity index (χ1) is 10.1. The summed E-state index contributed by atoms with van der Waals surface area (Å²) in [5.74, 6) is -0.979. The van der Waals surface area contributed by atoms with E-state index in [-0.39, 0.29) is 18.8 Å². The molecule has 2 aromatic rings. The fourth-order valence-electron chi connectivity index (χ4n) is 1.92. The van der Waals surface area contributed by atoms with Gasteiger partial charge in [0.15, 0.2) is 0 Å². The third-order valence-electron chi connectivity index (χ3n) is 2.93. The second kappa shape index (κ2) is 6.91. The molecule has 0 aliphatic carbocycles. The Hall–Kier alpha value is -2.32. The molecule has 1 N–H and O–H groups in total. The van der Waals surface area contributed by atoms with Crippen LogP contribution in [0.15, 0.2) is 29.1 Å². The molecule has 0 spiro atoms. The van der Waals surface area contributed by atoms with Gasteiger partial charge in [-0.2, -0.15) is 4.68 Å². The van der Waals surface area contributed by atoms with Crippen molar-refractivity contribution in [2.75, 3.05) is 26.8 Å². The van der Waals surface area contributed by atoms with Crippen molar-refractivity contribution in [3.63, 3.8) is 0 Å². The van der Waals surface area contributed by atoms with Crippen molar-refractivity contribution < 1.29 is 14.6 Å². The highest BCUT2D eigenvalue weighted by Crippen LogP contribution is 2.03. The number of rotatable bonds is 7. The summed E-state index contributed by atoms with van der Waals surface area (Å²) >= 11 is 0. The van der Waals surface area contributed by atoms with Crippen molar-refractivity contribution in [2.45, 2.75) is 6.67 Å². The maximum atomic E-state index is 12.3. The number of aromatic nitrogens is 3. The molecule has 0 amide bonds. The average molecular weight is 292 g/mol. The first-order valence-electron chi connectivity index (χ1n) is 6.37. The molecule has 1 aromatic heterocycles. The summed E-state index contributed by atoms with van der Waals surface area (Å²) in [7, 11) is 1.53. The molecule has 8 nitrogen and oxygen atoms in total. The Balaban J connectivity index is 2.25. The molecule has 0 unspecified atom stereocenters. The van der Waals surface area contributed by atoms with Gasteiger partial charge in [0.05, 0.1) is 25.2 Å². The second-order valence-corrected chi connectivity index (χ2v) is 4.49. The van der Waals surface area contributed by atoms with E-state index in [1.165, 1.54) is 7.11 Å². The van der Waals surface area contributed by atoms with Gasteiger partial charge in [-0.1, -0.05) is 17.3 Å². The molecule has 0 saturated heterocycles. The Morgan fingerprint density at radius 1 is 1.43 bits per heavy atom. The van der Waals surface area contributed by atoms with Crippen LogP contribution < -0.4 is 5.56 Å². The van der Waals surface area contributed by atoms with Gasteiger partial charge in [0, 0.05) is 13.7 Å². The SMILES string of the molecule is COCCN(CC(=O)O)Cn1nnc2ccccc2c1=O. The highest BCUT2D eigenvalue weighted by Gasteiger charge is 2.13. The van der Waals surface area contributed by atoms with Crippen LogP contribution in [0, 0.1) is 0 Å². The zero-order chi connectivity index (χ0) is 15.2. The number of nitrogens with zero attached hydrogens (tertiary/aromatic N) is 4. The number of hydrogen-bond acceptors (Lipinski definition) is 6. The first-order valence-corrected chi connectivity index (χ1v) is 6.37. The molecule has 1 aromatic carbocycles. The summed E-state index contributed by atoms with van der Waals surface area (Å²) in [5.41, 5.74) is 0.217. The van der Waals surface area contributed by atoms with Crippen LogP contribution in [0.1, 0.15) is 0 Å². The van der Waals surface area contributed by atoms with Crippen LogP contribution in [0.2, 0.25) is 0 Å². The standard InChI is InChI=1S/C13H16N4O4/c1-21-7-6-16(8-12(18)19)9-17-13(20)10-4-2-3-5-11(10)14-15-17/h2-5H,6-9H2,1H3,(H,18,19). The van der Waals surface area contributed by atoms with Crippen molar-refractivity contribution in [2.24, 2.45) is 0 Å². The molecule has 1 heterocycles. The molecule has 0 bridgehead atoms. The third-order valence-corrected chi connectivity index (χ3v) is 2.93. The minimum Gasteiger partial charge on any atom is -0.480 e. The third kappa shape index (κ3) is 3.83. The van der Waals surface area contributed by atoms with Gasteiger partial charge >= 0.3 is 5.97 Å². The van der Waals surface area contributed by atoms with Gasteiger partial charge in [-0.05, 0) is 12.1 Å². The number of carboxylic acids is 1. The van der Waals surface area contributed by atoms with Crippen LogP contribution in [0.5, 0.6) is 0 Å². The largest absolute Gasteiger partial charge is 0.480 e. The second-order valence-electron chi connectivity index (χ2n) is 4.49. The topological polar surface area (TPSA) is 97.6 Å². The van der Waals surface area contributed by atoms with Gasteiger partial charge in [0.25, 0.3) is 5.56 Å².